The van der Waals surface area contributed by atoms with Gasteiger partial charge in [-0.15, -0.1) is 0 Å². The van der Waals surface area contributed by atoms with E-state index in [0.29, 0.717) is 16.9 Å². The van der Waals surface area contributed by atoms with E-state index < -0.39 is 17.7 Å². The van der Waals surface area contributed by atoms with Crippen molar-refractivity contribution in [2.75, 3.05) is 7.11 Å². The van der Waals surface area contributed by atoms with E-state index in [1.165, 1.54) is 4.90 Å². The Labute approximate surface area is 180 Å². The van der Waals surface area contributed by atoms with Crippen LogP contribution in [0.1, 0.15) is 28.3 Å². The van der Waals surface area contributed by atoms with Gasteiger partial charge >= 0.3 is 0 Å². The number of nitrogens with zero attached hydrogens (tertiary/aromatic N) is 2. The highest BCUT2D eigenvalue weighted by molar-refractivity contribution is 6.46. The Kier molecular flexibility index (Phi) is 5.54. The van der Waals surface area contributed by atoms with Crippen LogP contribution >= 0.6 is 0 Å². The van der Waals surface area contributed by atoms with Crippen LogP contribution in [0.5, 0.6) is 5.75 Å². The van der Waals surface area contributed by atoms with Gasteiger partial charge in [0.25, 0.3) is 11.7 Å². The van der Waals surface area contributed by atoms with Crippen LogP contribution in [-0.4, -0.2) is 33.8 Å². The lowest BCUT2D eigenvalue weighted by molar-refractivity contribution is -0.140. The highest BCUT2D eigenvalue weighted by atomic mass is 16.5. The van der Waals surface area contributed by atoms with Gasteiger partial charge in [0.1, 0.15) is 11.5 Å². The van der Waals surface area contributed by atoms with Crippen LogP contribution in [0, 0.1) is 6.92 Å². The lowest BCUT2D eigenvalue weighted by Gasteiger charge is -2.25. The number of carbonyl (C=O) groups excluding carboxylic acids is 2. The fraction of sp³-hybridized carbons (Fsp3) is 0.160. The molecule has 6 nitrogen and oxygen atoms in total. The van der Waals surface area contributed by atoms with Gasteiger partial charge in [0.05, 0.1) is 18.7 Å². The van der Waals surface area contributed by atoms with Gasteiger partial charge < -0.3 is 14.7 Å². The Hall–Kier alpha value is -3.93. The first-order valence-corrected chi connectivity index (χ1v) is 9.88. The van der Waals surface area contributed by atoms with Crippen molar-refractivity contribution in [3.8, 4) is 5.75 Å². The van der Waals surface area contributed by atoms with Crippen molar-refractivity contribution in [1.29, 1.82) is 0 Å². The third-order valence-electron chi connectivity index (χ3n) is 5.37. The van der Waals surface area contributed by atoms with Crippen molar-refractivity contribution in [3.63, 3.8) is 0 Å². The van der Waals surface area contributed by atoms with Gasteiger partial charge in [-0.2, -0.15) is 0 Å². The molecule has 0 radical (unpaired) electrons. The Bertz CT molecular complexity index is 1140. The van der Waals surface area contributed by atoms with Gasteiger partial charge in [-0.25, -0.2) is 0 Å². The van der Waals surface area contributed by atoms with Crippen LogP contribution in [0.15, 0.2) is 78.6 Å². The summed E-state index contributed by atoms with van der Waals surface area (Å²) < 4.78 is 5.23. The first-order chi connectivity index (χ1) is 15.0. The second kappa shape index (κ2) is 8.44. The number of ether oxygens (including phenoxy) is 1. The number of amides is 1. The normalized spacial score (nSPS) is 17.7. The van der Waals surface area contributed by atoms with Gasteiger partial charge in [-0.05, 0) is 36.2 Å². The molecule has 1 atom stereocenters. The topological polar surface area (TPSA) is 79.7 Å². The third-order valence-corrected chi connectivity index (χ3v) is 5.37. The van der Waals surface area contributed by atoms with Gasteiger partial charge in [0.15, 0.2) is 0 Å². The lowest BCUT2D eigenvalue weighted by Crippen LogP contribution is -2.29. The summed E-state index contributed by atoms with van der Waals surface area (Å²) in [5, 5.41) is 11.1. The molecular formula is C25H22N2O4. The molecule has 1 aliphatic rings. The summed E-state index contributed by atoms with van der Waals surface area (Å²) >= 11 is 0. The molecule has 1 saturated heterocycles. The fourth-order valence-electron chi connectivity index (χ4n) is 3.73. The third kappa shape index (κ3) is 3.92. The summed E-state index contributed by atoms with van der Waals surface area (Å²) in [5.41, 5.74) is 3.09. The Morgan fingerprint density at radius 1 is 1.06 bits per heavy atom. The molecule has 2 aromatic carbocycles. The molecule has 3 aromatic rings. The van der Waals surface area contributed by atoms with Crippen molar-refractivity contribution in [2.24, 2.45) is 0 Å². The molecule has 6 heteroatoms. The predicted octanol–water partition coefficient (Wildman–Crippen LogP) is 4.02. The monoisotopic (exact) mass is 414 g/mol. The van der Waals surface area contributed by atoms with Gasteiger partial charge in [0, 0.05) is 24.5 Å². The first kappa shape index (κ1) is 20.3. The number of Topliss-reactive ketones (excluding diaryl/α,β-unsaturated/α-hetero) is 1. The number of aryl methyl sites for hydroxylation is 1. The Balaban J connectivity index is 1.85. The van der Waals surface area contributed by atoms with Gasteiger partial charge in [-0.1, -0.05) is 48.0 Å². The fourth-order valence-corrected chi connectivity index (χ4v) is 3.73. The molecule has 31 heavy (non-hydrogen) atoms. The van der Waals surface area contributed by atoms with E-state index in [1.54, 1.807) is 62.0 Å². The first-order valence-electron chi connectivity index (χ1n) is 9.88. The minimum Gasteiger partial charge on any atom is -0.507 e. The molecule has 156 valence electrons. The minimum absolute atomic E-state index is 0.0721. The highest BCUT2D eigenvalue weighted by Crippen LogP contribution is 2.40. The molecule has 0 aliphatic carbocycles. The number of ketones is 1. The maximum Gasteiger partial charge on any atom is 0.295 e. The molecule has 0 unspecified atom stereocenters. The summed E-state index contributed by atoms with van der Waals surface area (Å²) in [6.07, 6.45) is 3.31. The van der Waals surface area contributed by atoms with Crippen LogP contribution in [0.4, 0.5) is 0 Å². The number of aliphatic hydroxyl groups is 1. The number of aliphatic hydroxyl groups excluding tert-OH is 1. The summed E-state index contributed by atoms with van der Waals surface area (Å²) in [6, 6.07) is 17.2. The van der Waals surface area contributed by atoms with Crippen molar-refractivity contribution in [1.82, 2.24) is 9.88 Å². The standard InChI is InChI=1S/C25H22N2O4/c1-16-5-7-19(8-6-16)23(28)21-22(18-9-11-20(31-2)12-10-18)27(25(30)24(21)29)15-17-4-3-13-26-14-17/h3-14,22,28H,15H2,1-2H3/t22-/m1/s1. The highest BCUT2D eigenvalue weighted by Gasteiger charge is 2.46. The number of rotatable bonds is 5. The number of methoxy groups -OCH3 is 1. The van der Waals surface area contributed by atoms with Crippen LogP contribution in [-0.2, 0) is 16.1 Å². The van der Waals surface area contributed by atoms with E-state index in [0.717, 1.165) is 11.1 Å². The molecule has 2 heterocycles. The largest absolute Gasteiger partial charge is 0.507 e. The van der Waals surface area contributed by atoms with Crippen molar-refractivity contribution >= 4 is 17.4 Å². The number of likely N-dealkylation sites (tertiary alicyclic amines) is 1. The Morgan fingerprint density at radius 3 is 2.39 bits per heavy atom. The summed E-state index contributed by atoms with van der Waals surface area (Å²) in [4.78, 5) is 31.6. The minimum atomic E-state index is -0.729. The lowest BCUT2D eigenvalue weighted by atomic mass is 9.95. The van der Waals surface area contributed by atoms with E-state index in [1.807, 2.05) is 25.1 Å². The van der Waals surface area contributed by atoms with Crippen LogP contribution in [0.3, 0.4) is 0 Å². The molecule has 1 fully saturated rings. The molecule has 1 aliphatic heterocycles. The molecule has 4 rings (SSSR count). The van der Waals surface area contributed by atoms with E-state index in [2.05, 4.69) is 4.98 Å². The summed E-state index contributed by atoms with van der Waals surface area (Å²) in [5.74, 6) is -0.888. The number of aromatic nitrogens is 1. The smallest absolute Gasteiger partial charge is 0.295 e. The second-order valence-corrected chi connectivity index (χ2v) is 7.43. The van der Waals surface area contributed by atoms with E-state index in [9.17, 15) is 14.7 Å². The van der Waals surface area contributed by atoms with Crippen molar-refractivity contribution in [3.05, 3.63) is 101 Å². The maximum atomic E-state index is 13.0. The number of carbonyl (C=O) groups is 2. The van der Waals surface area contributed by atoms with Crippen molar-refractivity contribution in [2.45, 2.75) is 19.5 Å². The number of benzene rings is 2. The van der Waals surface area contributed by atoms with Crippen LogP contribution in [0.2, 0.25) is 0 Å². The molecule has 1 aromatic heterocycles. The molecule has 0 bridgehead atoms. The maximum absolute atomic E-state index is 13.0. The van der Waals surface area contributed by atoms with Crippen LogP contribution < -0.4 is 4.74 Å². The molecule has 0 spiro atoms. The average Bonchev–Trinajstić information content (AvgIpc) is 3.05. The average molecular weight is 414 g/mol. The SMILES string of the molecule is COc1ccc([C@@H]2C(=C(O)c3ccc(C)cc3)C(=O)C(=O)N2Cc2cccnc2)cc1. The number of hydrogen-bond acceptors (Lipinski definition) is 5. The summed E-state index contributed by atoms with van der Waals surface area (Å²) in [6.45, 7) is 2.13. The van der Waals surface area contributed by atoms with E-state index in [-0.39, 0.29) is 17.9 Å². The van der Waals surface area contributed by atoms with Crippen LogP contribution in [0.25, 0.3) is 5.76 Å². The number of pyridine rings is 1. The zero-order valence-corrected chi connectivity index (χ0v) is 17.3. The second-order valence-electron chi connectivity index (χ2n) is 7.43. The van der Waals surface area contributed by atoms with Gasteiger partial charge in [-0.3, -0.25) is 14.6 Å². The summed E-state index contributed by atoms with van der Waals surface area (Å²) in [7, 11) is 1.57. The van der Waals surface area contributed by atoms with E-state index >= 15 is 0 Å². The van der Waals surface area contributed by atoms with E-state index in [4.69, 9.17) is 4.74 Å². The quantitative estimate of drug-likeness (QED) is 0.388. The predicted molar refractivity (Wildman–Crippen MR) is 116 cm³/mol. The molecule has 0 saturated carbocycles. The molecule has 1 N–H and O–H groups in total. The van der Waals surface area contributed by atoms with Gasteiger partial charge in [0.2, 0.25) is 0 Å². The Morgan fingerprint density at radius 2 is 1.77 bits per heavy atom. The number of hydrogen-bond donors (Lipinski definition) is 1. The molecular weight excluding hydrogens is 392 g/mol. The zero-order valence-electron chi connectivity index (χ0n) is 17.3. The zero-order chi connectivity index (χ0) is 22.0. The van der Waals surface area contributed by atoms with Crippen molar-refractivity contribution < 1.29 is 19.4 Å². The molecule has 1 amide bonds.